The monoisotopic (exact) mass is 720 g/mol. The largest absolute Gasteiger partial charge is 0.481 e. The Labute approximate surface area is 293 Å². The lowest BCUT2D eigenvalue weighted by atomic mass is 10.2. The number of carbonyl (C=O) groups is 2. The molecule has 4 N–H and O–H groups in total. The Morgan fingerprint density at radius 1 is 0.490 bits per heavy atom. The van der Waals surface area contributed by atoms with E-state index >= 15 is 0 Å². The molecular formula is C33H68O16. The highest BCUT2D eigenvalue weighted by Crippen LogP contribution is 2.25. The third-order valence-electron chi connectivity index (χ3n) is 4.31. The van der Waals surface area contributed by atoms with Crippen LogP contribution in [0.25, 0.3) is 0 Å². The van der Waals surface area contributed by atoms with Gasteiger partial charge in [0.05, 0.1) is 60.5 Å². The van der Waals surface area contributed by atoms with Gasteiger partial charge in [-0.25, -0.2) is 19.6 Å². The first-order valence-electron chi connectivity index (χ1n) is 16.1. The zero-order valence-corrected chi connectivity index (χ0v) is 33.0. The summed E-state index contributed by atoms with van der Waals surface area (Å²) in [4.78, 5) is 62.2. The van der Waals surface area contributed by atoms with E-state index in [2.05, 4.69) is 0 Å². The van der Waals surface area contributed by atoms with Gasteiger partial charge in [0.1, 0.15) is 12.8 Å². The van der Waals surface area contributed by atoms with E-state index in [0.717, 1.165) is 0 Å². The van der Waals surface area contributed by atoms with Crippen LogP contribution in [0.3, 0.4) is 0 Å². The zero-order chi connectivity index (χ0) is 39.5. The molecule has 0 aliphatic heterocycles. The van der Waals surface area contributed by atoms with Crippen molar-refractivity contribution in [2.24, 2.45) is 0 Å². The van der Waals surface area contributed by atoms with Crippen molar-refractivity contribution in [3.05, 3.63) is 0 Å². The number of aliphatic carboxylic acids is 2. The molecule has 16 heteroatoms. The van der Waals surface area contributed by atoms with Crippen molar-refractivity contribution >= 4 is 11.9 Å². The molecular weight excluding hydrogens is 652 g/mol. The summed E-state index contributed by atoms with van der Waals surface area (Å²) < 4.78 is 10.5. The predicted octanol–water partition coefficient (Wildman–Crippen LogP) is 5.51. The molecule has 0 aliphatic rings. The fraction of sp³-hybridized carbons (Fsp3) is 0.939. The van der Waals surface area contributed by atoms with Crippen LogP contribution in [0.4, 0.5) is 0 Å². The molecule has 0 saturated carbocycles. The summed E-state index contributed by atoms with van der Waals surface area (Å²) in [5.74, 6) is -5.17. The Balaban J connectivity index is -0.000000658. The third kappa shape index (κ3) is 39.1. The van der Waals surface area contributed by atoms with Crippen LogP contribution in [0.1, 0.15) is 131 Å². The quantitative estimate of drug-likeness (QED) is 0.0737. The number of rotatable bonds is 19. The van der Waals surface area contributed by atoms with E-state index in [9.17, 15) is 9.59 Å². The van der Waals surface area contributed by atoms with Crippen molar-refractivity contribution in [2.45, 2.75) is 183 Å². The maximum absolute atomic E-state index is 10.8. The van der Waals surface area contributed by atoms with Crippen LogP contribution in [0.2, 0.25) is 0 Å². The van der Waals surface area contributed by atoms with Crippen LogP contribution < -0.4 is 0 Å². The minimum absolute atomic E-state index is 0.0170. The van der Waals surface area contributed by atoms with Gasteiger partial charge in [-0.3, -0.25) is 9.59 Å². The van der Waals surface area contributed by atoms with E-state index in [-0.39, 0.29) is 18.8 Å². The Hall–Kier alpha value is -1.54. The van der Waals surface area contributed by atoms with Gasteiger partial charge in [-0.15, -0.1) is 0 Å². The SMILES string of the molecule is CC(C)(C)OOC(C)(CC(=O)O)OOC(C)(C)C.CC(C)(C)OOC(C)(CC(=O)O)OOC(C)(C)C.CC(O)COC(C)COC(C)CO. The molecule has 0 aromatic carbocycles. The second-order valence-electron chi connectivity index (χ2n) is 15.8. The average Bonchev–Trinajstić information content (AvgIpc) is 2.89. The number of carboxylic acids is 2. The van der Waals surface area contributed by atoms with Crippen LogP contribution in [-0.4, -0.2) is 104 Å². The normalized spacial score (nSPS) is 14.9. The average molecular weight is 721 g/mol. The van der Waals surface area contributed by atoms with Gasteiger partial charge in [-0.05, 0) is 118 Å². The third-order valence-corrected chi connectivity index (χ3v) is 4.31. The van der Waals surface area contributed by atoms with E-state index in [4.69, 9.17) is 69.0 Å². The molecule has 0 spiro atoms. The van der Waals surface area contributed by atoms with Crippen molar-refractivity contribution in [2.75, 3.05) is 19.8 Å². The van der Waals surface area contributed by atoms with Gasteiger partial charge in [0.25, 0.3) is 0 Å². The van der Waals surface area contributed by atoms with Crippen LogP contribution in [0.5, 0.6) is 0 Å². The highest BCUT2D eigenvalue weighted by Gasteiger charge is 2.37. The fourth-order valence-corrected chi connectivity index (χ4v) is 2.25. The Morgan fingerprint density at radius 2 is 0.755 bits per heavy atom. The number of hydrogen-bond acceptors (Lipinski definition) is 14. The minimum atomic E-state index is -1.51. The van der Waals surface area contributed by atoms with Gasteiger partial charge in [-0.2, -0.15) is 19.6 Å². The molecule has 0 amide bonds. The second kappa shape index (κ2) is 23.1. The molecule has 0 bridgehead atoms. The highest BCUT2D eigenvalue weighted by molar-refractivity contribution is 5.68. The Kier molecular flexibility index (Phi) is 24.4. The van der Waals surface area contributed by atoms with Crippen molar-refractivity contribution in [1.82, 2.24) is 0 Å². The number of aliphatic hydroxyl groups excluding tert-OH is 2. The van der Waals surface area contributed by atoms with E-state index in [1.807, 2.05) is 6.92 Å². The van der Waals surface area contributed by atoms with Gasteiger partial charge in [0, 0.05) is 0 Å². The lowest BCUT2D eigenvalue weighted by Crippen LogP contribution is -2.40. The summed E-state index contributed by atoms with van der Waals surface area (Å²) in [6.07, 6.45) is -1.46. The molecule has 296 valence electrons. The molecule has 0 heterocycles. The molecule has 0 rings (SSSR count). The molecule has 3 atom stereocenters. The first-order chi connectivity index (χ1) is 21.7. The van der Waals surface area contributed by atoms with Crippen molar-refractivity contribution in [3.8, 4) is 0 Å². The minimum Gasteiger partial charge on any atom is -0.481 e. The molecule has 16 nitrogen and oxygen atoms in total. The van der Waals surface area contributed by atoms with Crippen LogP contribution in [0, 0.1) is 0 Å². The summed E-state index contributed by atoms with van der Waals surface area (Å²) >= 11 is 0. The number of ether oxygens (including phenoxy) is 2. The van der Waals surface area contributed by atoms with Gasteiger partial charge in [-0.1, -0.05) is 0 Å². The summed E-state index contributed by atoms with van der Waals surface area (Å²) in [7, 11) is 0. The van der Waals surface area contributed by atoms with Gasteiger partial charge in [0.2, 0.25) is 11.6 Å². The van der Waals surface area contributed by atoms with Crippen molar-refractivity contribution in [1.29, 1.82) is 0 Å². The van der Waals surface area contributed by atoms with E-state index in [0.29, 0.717) is 13.2 Å². The fourth-order valence-electron chi connectivity index (χ4n) is 2.25. The number of aliphatic hydroxyl groups is 2. The molecule has 0 aromatic rings. The topological polar surface area (TPSA) is 207 Å². The Morgan fingerprint density at radius 3 is 0.959 bits per heavy atom. The molecule has 49 heavy (non-hydrogen) atoms. The van der Waals surface area contributed by atoms with Crippen molar-refractivity contribution < 1.29 is 78.6 Å². The van der Waals surface area contributed by atoms with Gasteiger partial charge < -0.3 is 29.9 Å². The van der Waals surface area contributed by atoms with E-state index in [1.165, 1.54) is 13.8 Å². The van der Waals surface area contributed by atoms with Gasteiger partial charge in [0.15, 0.2) is 0 Å². The van der Waals surface area contributed by atoms with Crippen LogP contribution in [-0.2, 0) is 58.2 Å². The second-order valence-corrected chi connectivity index (χ2v) is 15.8. The maximum atomic E-state index is 10.8. The lowest BCUT2D eigenvalue weighted by molar-refractivity contribution is -0.535. The standard InChI is InChI=1S/2C12H24O6.C9H20O4/c2*1-10(2,3)15-17-12(7,8-9(13)14)18-16-11(4,5)6;1-7(11)5-12-9(3)6-13-8(2)4-10/h2*8H2,1-7H3,(H,13,14);7-11H,4-6H2,1-3H3. The molecule has 0 fully saturated rings. The predicted molar refractivity (Wildman–Crippen MR) is 179 cm³/mol. The Bertz CT molecular complexity index is 787. The lowest BCUT2D eigenvalue weighted by Gasteiger charge is -2.31. The number of hydrogen-bond donors (Lipinski definition) is 4. The summed E-state index contributed by atoms with van der Waals surface area (Å²) in [6, 6.07) is 0. The zero-order valence-electron chi connectivity index (χ0n) is 33.0. The first-order valence-corrected chi connectivity index (χ1v) is 16.1. The number of carboxylic acid groups (broad SMARTS) is 2. The summed E-state index contributed by atoms with van der Waals surface area (Å²) in [5.41, 5.74) is -2.31. The molecule has 0 aromatic heterocycles. The smallest absolute Gasteiger partial charge is 0.309 e. The summed E-state index contributed by atoms with van der Waals surface area (Å²) in [5, 5.41) is 35.3. The molecule has 3 unspecified atom stereocenters. The summed E-state index contributed by atoms with van der Waals surface area (Å²) in [6.45, 7) is 30.3. The van der Waals surface area contributed by atoms with Crippen molar-refractivity contribution in [3.63, 3.8) is 0 Å². The van der Waals surface area contributed by atoms with E-state index < -0.39 is 64.9 Å². The van der Waals surface area contributed by atoms with Gasteiger partial charge >= 0.3 is 11.9 Å². The van der Waals surface area contributed by atoms with Crippen LogP contribution in [0.15, 0.2) is 0 Å². The van der Waals surface area contributed by atoms with Crippen LogP contribution >= 0.6 is 0 Å². The first kappa shape index (κ1) is 51.8. The highest BCUT2D eigenvalue weighted by atomic mass is 17.3. The van der Waals surface area contributed by atoms with E-state index in [1.54, 1.807) is 96.9 Å². The maximum Gasteiger partial charge on any atom is 0.309 e. The molecule has 0 saturated heterocycles. The molecule has 0 radical (unpaired) electrons. The molecule has 0 aliphatic carbocycles.